The SMILES string of the molecule is CCNCC(C)(CC)CN1CC2CCCC2C1. The predicted octanol–water partition coefficient (Wildman–Crippen LogP) is 2.74. The molecule has 1 saturated heterocycles. The first kappa shape index (κ1) is 13.4. The molecule has 3 atom stereocenters. The minimum Gasteiger partial charge on any atom is -0.316 e. The second-order valence-corrected chi connectivity index (χ2v) is 6.59. The van der Waals surface area contributed by atoms with Gasteiger partial charge in [-0.1, -0.05) is 27.2 Å². The lowest BCUT2D eigenvalue weighted by atomic mass is 9.86. The molecule has 1 N–H and O–H groups in total. The molecule has 0 aromatic heterocycles. The molecule has 17 heavy (non-hydrogen) atoms. The van der Waals surface area contributed by atoms with E-state index in [2.05, 4.69) is 31.0 Å². The van der Waals surface area contributed by atoms with Gasteiger partial charge in [-0.2, -0.15) is 0 Å². The van der Waals surface area contributed by atoms with Gasteiger partial charge in [-0.05, 0) is 43.1 Å². The van der Waals surface area contributed by atoms with Crippen LogP contribution in [0.4, 0.5) is 0 Å². The molecule has 1 aliphatic heterocycles. The van der Waals surface area contributed by atoms with Crippen LogP contribution < -0.4 is 5.32 Å². The van der Waals surface area contributed by atoms with Gasteiger partial charge < -0.3 is 10.2 Å². The van der Waals surface area contributed by atoms with Crippen LogP contribution in [0.5, 0.6) is 0 Å². The van der Waals surface area contributed by atoms with Crippen LogP contribution in [0.25, 0.3) is 0 Å². The normalized spacial score (nSPS) is 32.6. The Bertz CT molecular complexity index is 229. The average molecular weight is 238 g/mol. The van der Waals surface area contributed by atoms with E-state index < -0.39 is 0 Å². The second kappa shape index (κ2) is 5.71. The Kier molecular flexibility index (Phi) is 4.48. The molecule has 0 aromatic rings. The molecule has 0 spiro atoms. The van der Waals surface area contributed by atoms with Crippen molar-refractivity contribution in [2.45, 2.75) is 46.5 Å². The molecule has 2 aliphatic rings. The molecule has 0 aromatic carbocycles. The van der Waals surface area contributed by atoms with Crippen molar-refractivity contribution in [1.82, 2.24) is 10.2 Å². The van der Waals surface area contributed by atoms with Gasteiger partial charge in [0.05, 0.1) is 0 Å². The molecule has 3 unspecified atom stereocenters. The summed E-state index contributed by atoms with van der Waals surface area (Å²) in [4.78, 5) is 2.75. The van der Waals surface area contributed by atoms with E-state index in [0.29, 0.717) is 5.41 Å². The molecule has 1 aliphatic carbocycles. The monoisotopic (exact) mass is 238 g/mol. The fraction of sp³-hybridized carbons (Fsp3) is 1.00. The van der Waals surface area contributed by atoms with E-state index in [1.165, 1.54) is 51.9 Å². The Balaban J connectivity index is 1.82. The van der Waals surface area contributed by atoms with Gasteiger partial charge in [0.25, 0.3) is 0 Å². The van der Waals surface area contributed by atoms with Crippen LogP contribution in [0.3, 0.4) is 0 Å². The minimum atomic E-state index is 0.467. The number of nitrogens with zero attached hydrogens (tertiary/aromatic N) is 1. The van der Waals surface area contributed by atoms with E-state index in [9.17, 15) is 0 Å². The Morgan fingerprint density at radius 1 is 1.18 bits per heavy atom. The third-order valence-corrected chi connectivity index (χ3v) is 5.06. The zero-order valence-corrected chi connectivity index (χ0v) is 12.0. The quantitative estimate of drug-likeness (QED) is 0.765. The summed E-state index contributed by atoms with van der Waals surface area (Å²) in [6.07, 6.45) is 5.77. The first-order valence-electron chi connectivity index (χ1n) is 7.60. The average Bonchev–Trinajstić information content (AvgIpc) is 2.87. The van der Waals surface area contributed by atoms with Gasteiger partial charge in [0, 0.05) is 26.2 Å². The van der Waals surface area contributed by atoms with Crippen LogP contribution >= 0.6 is 0 Å². The van der Waals surface area contributed by atoms with Crippen LogP contribution in [0.15, 0.2) is 0 Å². The smallest absolute Gasteiger partial charge is 0.00476 e. The van der Waals surface area contributed by atoms with Crippen molar-refractivity contribution in [3.63, 3.8) is 0 Å². The van der Waals surface area contributed by atoms with Crippen LogP contribution in [0.2, 0.25) is 0 Å². The Hall–Kier alpha value is -0.0800. The summed E-state index contributed by atoms with van der Waals surface area (Å²) in [7, 11) is 0. The molecule has 1 heterocycles. The summed E-state index contributed by atoms with van der Waals surface area (Å²) in [6.45, 7) is 13.3. The van der Waals surface area contributed by atoms with Crippen LogP contribution in [-0.4, -0.2) is 37.6 Å². The van der Waals surface area contributed by atoms with E-state index in [1.807, 2.05) is 0 Å². The van der Waals surface area contributed by atoms with Gasteiger partial charge in [0.15, 0.2) is 0 Å². The second-order valence-electron chi connectivity index (χ2n) is 6.59. The van der Waals surface area contributed by atoms with Gasteiger partial charge in [-0.3, -0.25) is 0 Å². The highest BCUT2D eigenvalue weighted by Crippen LogP contribution is 2.38. The molecular formula is C15H30N2. The maximum atomic E-state index is 3.54. The molecule has 2 fully saturated rings. The summed E-state index contributed by atoms with van der Waals surface area (Å²) in [5, 5.41) is 3.54. The lowest BCUT2D eigenvalue weighted by molar-refractivity contribution is 0.172. The zero-order chi connectivity index (χ0) is 12.3. The van der Waals surface area contributed by atoms with Crippen molar-refractivity contribution in [2.75, 3.05) is 32.7 Å². The van der Waals surface area contributed by atoms with Gasteiger partial charge in [0.2, 0.25) is 0 Å². The maximum Gasteiger partial charge on any atom is 0.00476 e. The first-order chi connectivity index (χ1) is 8.17. The molecular weight excluding hydrogens is 208 g/mol. The summed E-state index contributed by atoms with van der Waals surface area (Å²) in [5.41, 5.74) is 0.467. The summed E-state index contributed by atoms with van der Waals surface area (Å²) in [5.74, 6) is 2.07. The van der Waals surface area contributed by atoms with E-state index >= 15 is 0 Å². The Morgan fingerprint density at radius 2 is 1.82 bits per heavy atom. The summed E-state index contributed by atoms with van der Waals surface area (Å²) >= 11 is 0. The molecule has 0 amide bonds. The fourth-order valence-electron chi connectivity index (χ4n) is 3.72. The molecule has 1 saturated carbocycles. The van der Waals surface area contributed by atoms with E-state index in [0.717, 1.165) is 18.4 Å². The first-order valence-corrected chi connectivity index (χ1v) is 7.60. The number of fused-ring (bicyclic) bond motifs is 1. The van der Waals surface area contributed by atoms with Crippen molar-refractivity contribution in [3.8, 4) is 0 Å². The van der Waals surface area contributed by atoms with Gasteiger partial charge >= 0.3 is 0 Å². The molecule has 100 valence electrons. The van der Waals surface area contributed by atoms with Crippen molar-refractivity contribution in [1.29, 1.82) is 0 Å². The molecule has 0 bridgehead atoms. The van der Waals surface area contributed by atoms with Crippen molar-refractivity contribution < 1.29 is 0 Å². The topological polar surface area (TPSA) is 15.3 Å². The highest BCUT2D eigenvalue weighted by Gasteiger charge is 2.38. The van der Waals surface area contributed by atoms with Gasteiger partial charge in [-0.25, -0.2) is 0 Å². The maximum absolute atomic E-state index is 3.54. The predicted molar refractivity (Wildman–Crippen MR) is 74.2 cm³/mol. The van der Waals surface area contributed by atoms with E-state index in [-0.39, 0.29) is 0 Å². The van der Waals surface area contributed by atoms with Crippen LogP contribution in [-0.2, 0) is 0 Å². The lowest BCUT2D eigenvalue weighted by Gasteiger charge is -2.33. The third-order valence-electron chi connectivity index (χ3n) is 5.06. The number of hydrogen-bond acceptors (Lipinski definition) is 2. The van der Waals surface area contributed by atoms with Crippen molar-refractivity contribution >= 4 is 0 Å². The molecule has 2 heteroatoms. The summed E-state index contributed by atoms with van der Waals surface area (Å²) in [6, 6.07) is 0. The number of nitrogens with one attached hydrogen (secondary N) is 1. The number of likely N-dealkylation sites (tertiary alicyclic amines) is 1. The highest BCUT2D eigenvalue weighted by molar-refractivity contribution is 4.91. The molecule has 2 rings (SSSR count). The van der Waals surface area contributed by atoms with Crippen LogP contribution in [0, 0.1) is 17.3 Å². The number of rotatable bonds is 6. The third kappa shape index (κ3) is 3.23. The Morgan fingerprint density at radius 3 is 2.35 bits per heavy atom. The Labute approximate surface area is 107 Å². The molecule has 0 radical (unpaired) electrons. The standard InChI is InChI=1S/C15H30N2/c1-4-15(3,11-16-5-2)12-17-9-13-7-6-8-14(13)10-17/h13-14,16H,4-12H2,1-3H3. The van der Waals surface area contributed by atoms with Gasteiger partial charge in [0.1, 0.15) is 0 Å². The van der Waals surface area contributed by atoms with E-state index in [4.69, 9.17) is 0 Å². The van der Waals surface area contributed by atoms with Crippen molar-refractivity contribution in [2.24, 2.45) is 17.3 Å². The zero-order valence-electron chi connectivity index (χ0n) is 12.0. The highest BCUT2D eigenvalue weighted by atomic mass is 15.2. The summed E-state index contributed by atoms with van der Waals surface area (Å²) < 4.78 is 0. The molecule has 2 nitrogen and oxygen atoms in total. The number of hydrogen-bond donors (Lipinski definition) is 1. The van der Waals surface area contributed by atoms with Gasteiger partial charge in [-0.15, -0.1) is 0 Å². The minimum absolute atomic E-state index is 0.467. The lowest BCUT2D eigenvalue weighted by Crippen LogP contribution is -2.41. The fourth-order valence-corrected chi connectivity index (χ4v) is 3.72. The van der Waals surface area contributed by atoms with Crippen molar-refractivity contribution in [3.05, 3.63) is 0 Å². The van der Waals surface area contributed by atoms with E-state index in [1.54, 1.807) is 0 Å². The van der Waals surface area contributed by atoms with Crippen LogP contribution in [0.1, 0.15) is 46.5 Å². The largest absolute Gasteiger partial charge is 0.316 e.